The standard InChI is InChI=1S/C20H20FN3O4S/c1-13-4-7-16(10-19(13)21)22-20(25)18-12-24(29(26,27)23-14(18)2)11-15-5-8-17(28-3)9-6-15/h4-10,12H,11H2,1-3H3,(H,22,25). The molecule has 29 heavy (non-hydrogen) atoms. The van der Waals surface area contributed by atoms with Crippen molar-refractivity contribution >= 4 is 27.5 Å². The predicted octanol–water partition coefficient (Wildman–Crippen LogP) is 3.19. The molecule has 0 aliphatic carbocycles. The number of ether oxygens (including phenoxy) is 1. The number of hydrogen-bond acceptors (Lipinski definition) is 4. The number of benzene rings is 2. The monoisotopic (exact) mass is 417 g/mol. The summed E-state index contributed by atoms with van der Waals surface area (Å²) in [5, 5.41) is 2.57. The van der Waals surface area contributed by atoms with Gasteiger partial charge < -0.3 is 10.1 Å². The van der Waals surface area contributed by atoms with Crippen molar-refractivity contribution in [3.05, 3.63) is 71.2 Å². The molecule has 152 valence electrons. The summed E-state index contributed by atoms with van der Waals surface area (Å²) < 4.78 is 48.3. The summed E-state index contributed by atoms with van der Waals surface area (Å²) in [6.45, 7) is 3.05. The van der Waals surface area contributed by atoms with Crippen LogP contribution in [0.15, 0.2) is 58.6 Å². The van der Waals surface area contributed by atoms with Crippen LogP contribution in [0.2, 0.25) is 0 Å². The number of hydrogen-bond donors (Lipinski definition) is 1. The van der Waals surface area contributed by atoms with E-state index in [9.17, 15) is 17.6 Å². The first-order valence-corrected chi connectivity index (χ1v) is 10.1. The number of nitrogens with zero attached hydrogens (tertiary/aromatic N) is 2. The van der Waals surface area contributed by atoms with Gasteiger partial charge in [-0.1, -0.05) is 18.2 Å². The topological polar surface area (TPSA) is 88.1 Å². The van der Waals surface area contributed by atoms with Crippen LogP contribution in [-0.4, -0.2) is 31.5 Å². The molecule has 1 amide bonds. The minimum Gasteiger partial charge on any atom is -0.497 e. The number of halogens is 1. The lowest BCUT2D eigenvalue weighted by Gasteiger charge is -2.24. The SMILES string of the molecule is COc1ccc(CN2C=C(C(=O)Nc3ccc(C)c(F)c3)C(C)=NS2(=O)=O)cc1. The zero-order valence-electron chi connectivity index (χ0n) is 16.1. The molecule has 0 spiro atoms. The summed E-state index contributed by atoms with van der Waals surface area (Å²) in [6.07, 6.45) is 1.24. The molecule has 2 aromatic rings. The van der Waals surface area contributed by atoms with Gasteiger partial charge in [0.05, 0.1) is 24.9 Å². The average Bonchev–Trinajstić information content (AvgIpc) is 2.67. The van der Waals surface area contributed by atoms with Gasteiger partial charge in [0.25, 0.3) is 5.91 Å². The second-order valence-corrected chi connectivity index (χ2v) is 8.06. The van der Waals surface area contributed by atoms with Crippen LogP contribution in [0.5, 0.6) is 5.75 Å². The molecule has 0 unspecified atom stereocenters. The first-order chi connectivity index (χ1) is 13.7. The van der Waals surface area contributed by atoms with Gasteiger partial charge in [0, 0.05) is 11.9 Å². The van der Waals surface area contributed by atoms with Crippen LogP contribution < -0.4 is 10.1 Å². The minimum atomic E-state index is -3.96. The van der Waals surface area contributed by atoms with Crippen molar-refractivity contribution in [2.24, 2.45) is 4.40 Å². The summed E-state index contributed by atoms with van der Waals surface area (Å²) in [6, 6.07) is 11.2. The van der Waals surface area contributed by atoms with Crippen LogP contribution in [0.25, 0.3) is 0 Å². The Morgan fingerprint density at radius 2 is 1.86 bits per heavy atom. The van der Waals surface area contributed by atoms with Gasteiger partial charge in [-0.15, -0.1) is 4.40 Å². The van der Waals surface area contributed by atoms with Crippen LogP contribution in [0.3, 0.4) is 0 Å². The van der Waals surface area contributed by atoms with Crippen LogP contribution in [-0.2, 0) is 21.5 Å². The number of rotatable bonds is 5. The van der Waals surface area contributed by atoms with Crippen LogP contribution in [0, 0.1) is 12.7 Å². The van der Waals surface area contributed by atoms with Crippen molar-refractivity contribution in [3.8, 4) is 5.75 Å². The lowest BCUT2D eigenvalue weighted by atomic mass is 10.1. The number of aryl methyl sites for hydroxylation is 1. The van der Waals surface area contributed by atoms with Crippen LogP contribution >= 0.6 is 0 Å². The molecule has 1 N–H and O–H groups in total. The van der Waals surface area contributed by atoms with Crippen LogP contribution in [0.4, 0.5) is 10.1 Å². The Hall–Kier alpha value is -3.20. The van der Waals surface area contributed by atoms with E-state index in [0.717, 1.165) is 4.31 Å². The van der Waals surface area contributed by atoms with E-state index < -0.39 is 21.9 Å². The summed E-state index contributed by atoms with van der Waals surface area (Å²) in [5.41, 5.74) is 1.55. The Morgan fingerprint density at radius 1 is 1.17 bits per heavy atom. The first-order valence-electron chi connectivity index (χ1n) is 8.70. The van der Waals surface area contributed by atoms with Crippen molar-refractivity contribution in [1.29, 1.82) is 0 Å². The van der Waals surface area contributed by atoms with Gasteiger partial charge in [0.1, 0.15) is 11.6 Å². The molecule has 0 aromatic heterocycles. The fourth-order valence-corrected chi connectivity index (χ4v) is 3.81. The summed E-state index contributed by atoms with van der Waals surface area (Å²) in [4.78, 5) is 12.6. The second kappa shape index (κ2) is 8.04. The Balaban J connectivity index is 1.85. The second-order valence-electron chi connectivity index (χ2n) is 6.51. The molecule has 0 bridgehead atoms. The zero-order valence-corrected chi connectivity index (χ0v) is 17.0. The number of carbonyl (C=O) groups excluding carboxylic acids is 1. The Labute approximate surface area is 168 Å². The zero-order chi connectivity index (χ0) is 21.2. The summed E-state index contributed by atoms with van der Waals surface area (Å²) in [5.74, 6) is -0.385. The largest absolute Gasteiger partial charge is 0.497 e. The van der Waals surface area contributed by atoms with Crippen molar-refractivity contribution in [2.75, 3.05) is 12.4 Å². The van der Waals surface area contributed by atoms with Gasteiger partial charge in [0.2, 0.25) is 0 Å². The molecular weight excluding hydrogens is 397 g/mol. The fraction of sp³-hybridized carbons (Fsp3) is 0.200. The van der Waals surface area contributed by atoms with Crippen molar-refractivity contribution < 1.29 is 22.3 Å². The van der Waals surface area contributed by atoms with E-state index in [1.54, 1.807) is 43.3 Å². The normalized spacial score (nSPS) is 15.4. The number of amides is 1. The molecule has 1 aliphatic rings. The Kier molecular flexibility index (Phi) is 5.69. The molecule has 0 radical (unpaired) electrons. The molecule has 0 fully saturated rings. The molecule has 2 aromatic carbocycles. The highest BCUT2D eigenvalue weighted by molar-refractivity contribution is 7.88. The minimum absolute atomic E-state index is 0.000945. The highest BCUT2D eigenvalue weighted by Gasteiger charge is 2.28. The molecular formula is C20H20FN3O4S. The highest BCUT2D eigenvalue weighted by Crippen LogP contribution is 2.22. The van der Waals surface area contributed by atoms with E-state index in [0.29, 0.717) is 16.9 Å². The van der Waals surface area contributed by atoms with E-state index in [2.05, 4.69) is 9.71 Å². The van der Waals surface area contributed by atoms with Gasteiger partial charge in [-0.2, -0.15) is 8.42 Å². The molecule has 3 rings (SSSR count). The number of carbonyl (C=O) groups is 1. The molecule has 0 saturated carbocycles. The molecule has 9 heteroatoms. The van der Waals surface area contributed by atoms with Crippen molar-refractivity contribution in [3.63, 3.8) is 0 Å². The average molecular weight is 417 g/mol. The van der Waals surface area contributed by atoms with Crippen LogP contribution in [0.1, 0.15) is 18.1 Å². The Bertz CT molecular complexity index is 1110. The predicted molar refractivity (Wildman–Crippen MR) is 108 cm³/mol. The molecule has 1 heterocycles. The number of nitrogens with one attached hydrogen (secondary N) is 1. The van der Waals surface area contributed by atoms with Gasteiger partial charge in [0.15, 0.2) is 0 Å². The maximum absolute atomic E-state index is 13.7. The molecule has 1 aliphatic heterocycles. The summed E-state index contributed by atoms with van der Waals surface area (Å²) in [7, 11) is -2.43. The van der Waals surface area contributed by atoms with Crippen molar-refractivity contribution in [1.82, 2.24) is 4.31 Å². The van der Waals surface area contributed by atoms with E-state index in [-0.39, 0.29) is 23.5 Å². The first kappa shape index (κ1) is 20.5. The maximum Gasteiger partial charge on any atom is 0.344 e. The number of anilines is 1. The molecule has 7 nitrogen and oxygen atoms in total. The quantitative estimate of drug-likeness (QED) is 0.809. The lowest BCUT2D eigenvalue weighted by Crippen LogP contribution is -2.32. The highest BCUT2D eigenvalue weighted by atomic mass is 32.2. The molecule has 0 atom stereocenters. The number of methoxy groups -OCH3 is 1. The maximum atomic E-state index is 13.7. The van der Waals surface area contributed by atoms with Gasteiger partial charge in [-0.05, 0) is 49.2 Å². The third-order valence-corrected chi connectivity index (χ3v) is 5.72. The van der Waals surface area contributed by atoms with Gasteiger partial charge in [-0.3, -0.25) is 9.10 Å². The fourth-order valence-electron chi connectivity index (χ4n) is 2.71. The Morgan fingerprint density at radius 3 is 2.48 bits per heavy atom. The third kappa shape index (κ3) is 4.62. The molecule has 0 saturated heterocycles. The van der Waals surface area contributed by atoms with E-state index in [4.69, 9.17) is 4.74 Å². The van der Waals surface area contributed by atoms with Gasteiger partial charge >= 0.3 is 10.2 Å². The van der Waals surface area contributed by atoms with E-state index in [1.807, 2.05) is 0 Å². The van der Waals surface area contributed by atoms with E-state index >= 15 is 0 Å². The van der Waals surface area contributed by atoms with E-state index in [1.165, 1.54) is 26.3 Å². The lowest BCUT2D eigenvalue weighted by molar-refractivity contribution is -0.112. The van der Waals surface area contributed by atoms with Gasteiger partial charge in [-0.25, -0.2) is 4.39 Å². The smallest absolute Gasteiger partial charge is 0.344 e. The summed E-state index contributed by atoms with van der Waals surface area (Å²) >= 11 is 0. The third-order valence-electron chi connectivity index (χ3n) is 4.38. The van der Waals surface area contributed by atoms with Crippen molar-refractivity contribution in [2.45, 2.75) is 20.4 Å².